The molecule has 0 radical (unpaired) electrons. The number of morpholine rings is 1. The highest BCUT2D eigenvalue weighted by Gasteiger charge is 2.30. The van der Waals surface area contributed by atoms with Crippen molar-refractivity contribution in [3.63, 3.8) is 0 Å². The average molecular weight is 220 g/mol. The zero-order valence-corrected chi connectivity index (χ0v) is 8.57. The van der Waals surface area contributed by atoms with E-state index in [1.54, 1.807) is 0 Å². The molecule has 0 aromatic rings. The normalized spacial score (nSPS) is 26.8. The quantitative estimate of drug-likeness (QED) is 0.627. The lowest BCUT2D eigenvalue weighted by Crippen LogP contribution is -2.48. The van der Waals surface area contributed by atoms with Crippen LogP contribution in [0.4, 0.5) is 0 Å². The zero-order valence-electron chi connectivity index (χ0n) is 7.75. The molecule has 0 aromatic heterocycles. The maximum absolute atomic E-state index is 10.8. The van der Waals surface area contributed by atoms with Crippen LogP contribution >= 0.6 is 0 Å². The summed E-state index contributed by atoms with van der Waals surface area (Å²) in [6.07, 6.45) is -0.618. The lowest BCUT2D eigenvalue weighted by Gasteiger charge is -2.32. The molecule has 0 amide bonds. The molecule has 1 rings (SSSR count). The molecule has 1 aliphatic rings. The van der Waals surface area contributed by atoms with E-state index < -0.39 is 21.6 Å². The fraction of sp³-hybridized carbons (Fsp3) is 0.857. The molecular formula is C7H12N2O4S. The fourth-order valence-electron chi connectivity index (χ4n) is 1.27. The van der Waals surface area contributed by atoms with Crippen LogP contribution in [0.1, 0.15) is 6.92 Å². The molecule has 0 aromatic carbocycles. The maximum atomic E-state index is 10.8. The number of hydrogen-bond donors (Lipinski definition) is 1. The van der Waals surface area contributed by atoms with Crippen LogP contribution in [0.2, 0.25) is 0 Å². The molecule has 1 saturated heterocycles. The van der Waals surface area contributed by atoms with Gasteiger partial charge in [-0.05, 0) is 6.92 Å². The second-order valence-electron chi connectivity index (χ2n) is 3.10. The third-order valence-electron chi connectivity index (χ3n) is 2.19. The van der Waals surface area contributed by atoms with Gasteiger partial charge in [-0.1, -0.05) is 0 Å². The van der Waals surface area contributed by atoms with Gasteiger partial charge in [0.1, 0.15) is 5.37 Å². The topological polar surface area (TPSA) is 90.6 Å². The first-order valence-corrected chi connectivity index (χ1v) is 5.67. The van der Waals surface area contributed by atoms with Gasteiger partial charge in [0.15, 0.2) is 6.10 Å². The van der Waals surface area contributed by atoms with Crippen molar-refractivity contribution >= 4 is 10.1 Å². The average Bonchev–Trinajstić information content (AvgIpc) is 2.15. The summed E-state index contributed by atoms with van der Waals surface area (Å²) in [5.41, 5.74) is 0. The minimum absolute atomic E-state index is 0.206. The Labute approximate surface area is 82.8 Å². The number of nitriles is 1. The molecule has 7 heteroatoms. The molecule has 0 bridgehead atoms. The van der Waals surface area contributed by atoms with Crippen LogP contribution in [0.5, 0.6) is 0 Å². The molecule has 14 heavy (non-hydrogen) atoms. The molecular weight excluding hydrogens is 208 g/mol. The first kappa shape index (κ1) is 11.4. The summed E-state index contributed by atoms with van der Waals surface area (Å²) >= 11 is 0. The molecule has 1 N–H and O–H groups in total. The van der Waals surface area contributed by atoms with Crippen molar-refractivity contribution in [2.45, 2.75) is 18.4 Å². The molecule has 1 fully saturated rings. The summed E-state index contributed by atoms with van der Waals surface area (Å²) < 4.78 is 35.5. The third kappa shape index (κ3) is 2.65. The smallest absolute Gasteiger partial charge is 0.280 e. The first-order chi connectivity index (χ1) is 6.45. The highest BCUT2D eigenvalue weighted by molar-refractivity contribution is 7.86. The molecule has 0 spiro atoms. The van der Waals surface area contributed by atoms with Crippen LogP contribution in [0.25, 0.3) is 0 Å². The van der Waals surface area contributed by atoms with Gasteiger partial charge in [0.05, 0.1) is 12.7 Å². The van der Waals surface area contributed by atoms with Gasteiger partial charge in [0.2, 0.25) is 0 Å². The Bertz CT molecular complexity index is 334. The maximum Gasteiger partial charge on any atom is 0.280 e. The second kappa shape index (κ2) is 4.23. The SMILES string of the molecule is CC(N1CCOC(C#N)C1)S(=O)(=O)O. The van der Waals surface area contributed by atoms with E-state index in [1.807, 2.05) is 6.07 Å². The first-order valence-electron chi connectivity index (χ1n) is 4.16. The minimum atomic E-state index is -4.07. The van der Waals surface area contributed by atoms with Gasteiger partial charge in [0, 0.05) is 13.1 Å². The molecule has 80 valence electrons. The van der Waals surface area contributed by atoms with Crippen molar-refractivity contribution in [3.05, 3.63) is 0 Å². The Kier molecular flexibility index (Phi) is 3.44. The van der Waals surface area contributed by atoms with E-state index in [9.17, 15) is 8.42 Å². The van der Waals surface area contributed by atoms with E-state index in [2.05, 4.69) is 0 Å². The van der Waals surface area contributed by atoms with Crippen LogP contribution in [0.15, 0.2) is 0 Å². The van der Waals surface area contributed by atoms with Crippen LogP contribution in [0.3, 0.4) is 0 Å². The van der Waals surface area contributed by atoms with Crippen molar-refractivity contribution in [3.8, 4) is 6.07 Å². The van der Waals surface area contributed by atoms with Gasteiger partial charge < -0.3 is 4.74 Å². The Balaban J connectivity index is 2.66. The Morgan fingerprint density at radius 1 is 1.71 bits per heavy atom. The standard InChI is InChI=1S/C7H12N2O4S/c1-6(14(10,11)12)9-2-3-13-7(4-8)5-9/h6-7H,2-3,5H2,1H3,(H,10,11,12). The predicted octanol–water partition coefficient (Wildman–Crippen LogP) is -0.555. The monoisotopic (exact) mass is 220 g/mol. The molecule has 1 aliphatic heterocycles. The lowest BCUT2D eigenvalue weighted by atomic mass is 10.3. The van der Waals surface area contributed by atoms with Gasteiger partial charge in [0.25, 0.3) is 10.1 Å². The number of rotatable bonds is 2. The summed E-state index contributed by atoms with van der Waals surface area (Å²) in [7, 11) is -4.07. The van der Waals surface area contributed by atoms with Crippen LogP contribution < -0.4 is 0 Å². The Morgan fingerprint density at radius 2 is 2.36 bits per heavy atom. The fourth-order valence-corrected chi connectivity index (χ4v) is 1.83. The summed E-state index contributed by atoms with van der Waals surface area (Å²) in [5, 5.41) is 7.60. The van der Waals surface area contributed by atoms with Crippen LogP contribution in [-0.2, 0) is 14.9 Å². The van der Waals surface area contributed by atoms with Gasteiger partial charge in [-0.2, -0.15) is 13.7 Å². The van der Waals surface area contributed by atoms with Gasteiger partial charge >= 0.3 is 0 Å². The van der Waals surface area contributed by atoms with E-state index in [4.69, 9.17) is 14.6 Å². The van der Waals surface area contributed by atoms with Crippen molar-refractivity contribution in [2.24, 2.45) is 0 Å². The molecule has 0 saturated carbocycles. The second-order valence-corrected chi connectivity index (χ2v) is 4.81. The number of ether oxygens (including phenoxy) is 1. The number of hydrogen-bond acceptors (Lipinski definition) is 5. The van der Waals surface area contributed by atoms with E-state index in [-0.39, 0.29) is 6.54 Å². The van der Waals surface area contributed by atoms with E-state index in [1.165, 1.54) is 11.8 Å². The molecule has 2 atom stereocenters. The minimum Gasteiger partial charge on any atom is -0.361 e. The van der Waals surface area contributed by atoms with Gasteiger partial charge in [-0.25, -0.2) is 0 Å². The van der Waals surface area contributed by atoms with Crippen LogP contribution in [-0.4, -0.2) is 49.0 Å². The summed E-state index contributed by atoms with van der Waals surface area (Å²) in [5.74, 6) is 0. The Hall–Kier alpha value is -0.680. The Morgan fingerprint density at radius 3 is 2.86 bits per heavy atom. The largest absolute Gasteiger partial charge is 0.361 e. The van der Waals surface area contributed by atoms with E-state index in [0.717, 1.165) is 0 Å². The van der Waals surface area contributed by atoms with Gasteiger partial charge in [-0.15, -0.1) is 0 Å². The van der Waals surface area contributed by atoms with Crippen molar-refractivity contribution in [1.82, 2.24) is 4.90 Å². The van der Waals surface area contributed by atoms with Crippen molar-refractivity contribution in [1.29, 1.82) is 5.26 Å². The third-order valence-corrected chi connectivity index (χ3v) is 3.35. The van der Waals surface area contributed by atoms with Crippen molar-refractivity contribution < 1.29 is 17.7 Å². The highest BCUT2D eigenvalue weighted by atomic mass is 32.2. The lowest BCUT2D eigenvalue weighted by molar-refractivity contribution is -0.00385. The predicted molar refractivity (Wildman–Crippen MR) is 47.9 cm³/mol. The molecule has 6 nitrogen and oxygen atoms in total. The number of nitrogens with zero attached hydrogens (tertiary/aromatic N) is 2. The van der Waals surface area contributed by atoms with Crippen molar-refractivity contribution in [2.75, 3.05) is 19.7 Å². The zero-order chi connectivity index (χ0) is 10.8. The van der Waals surface area contributed by atoms with Gasteiger partial charge in [-0.3, -0.25) is 9.45 Å². The summed E-state index contributed by atoms with van der Waals surface area (Å²) in [4.78, 5) is 1.51. The molecule has 2 unspecified atom stereocenters. The molecule has 0 aliphatic carbocycles. The molecule has 1 heterocycles. The van der Waals surface area contributed by atoms with Crippen LogP contribution in [0, 0.1) is 11.3 Å². The van der Waals surface area contributed by atoms with E-state index in [0.29, 0.717) is 13.2 Å². The summed E-state index contributed by atoms with van der Waals surface area (Å²) in [6, 6.07) is 1.90. The van der Waals surface area contributed by atoms with E-state index >= 15 is 0 Å². The summed E-state index contributed by atoms with van der Waals surface area (Å²) in [6.45, 7) is 2.30. The highest BCUT2D eigenvalue weighted by Crippen LogP contribution is 2.11.